The predicted molar refractivity (Wildman–Crippen MR) is 108 cm³/mol. The first-order chi connectivity index (χ1) is 14.3. The molecule has 0 saturated heterocycles. The van der Waals surface area contributed by atoms with Crippen LogP contribution >= 0.6 is 0 Å². The molecule has 0 fully saturated rings. The summed E-state index contributed by atoms with van der Waals surface area (Å²) in [4.78, 5) is 13.3. The summed E-state index contributed by atoms with van der Waals surface area (Å²) in [6.07, 6.45) is 3.32. The van der Waals surface area contributed by atoms with Crippen molar-refractivity contribution in [1.82, 2.24) is 15.0 Å². The van der Waals surface area contributed by atoms with Crippen molar-refractivity contribution in [3.63, 3.8) is 0 Å². The highest BCUT2D eigenvalue weighted by atomic mass is 16.7. The average Bonchev–Trinajstić information content (AvgIpc) is 3.38. The summed E-state index contributed by atoms with van der Waals surface area (Å²) < 4.78 is 17.0. The molecule has 0 amide bonds. The van der Waals surface area contributed by atoms with E-state index in [0.717, 1.165) is 28.3 Å². The van der Waals surface area contributed by atoms with Gasteiger partial charge in [-0.3, -0.25) is 0 Å². The van der Waals surface area contributed by atoms with Gasteiger partial charge in [-0.05, 0) is 35.9 Å². The lowest BCUT2D eigenvalue weighted by Crippen LogP contribution is -1.94. The summed E-state index contributed by atoms with van der Waals surface area (Å²) in [7, 11) is 0. The molecule has 7 heteroatoms. The number of aromatic nitrogens is 3. The van der Waals surface area contributed by atoms with Crippen molar-refractivity contribution in [3.05, 3.63) is 67.1 Å². The number of fused-ring (bicyclic) bond motifs is 4. The van der Waals surface area contributed by atoms with Gasteiger partial charge in [0, 0.05) is 17.4 Å². The maximum Gasteiger partial charge on any atom is 0.231 e. The Balaban J connectivity index is 1.46. The Morgan fingerprint density at radius 1 is 0.793 bits per heavy atom. The van der Waals surface area contributed by atoms with Crippen LogP contribution in [0.4, 0.5) is 11.5 Å². The Labute approximate surface area is 164 Å². The lowest BCUT2D eigenvalue weighted by atomic mass is 10.1. The molecular formula is C22H14N4O3. The number of hydrogen-bond donors (Lipinski definition) is 1. The van der Waals surface area contributed by atoms with Gasteiger partial charge in [-0.25, -0.2) is 15.0 Å². The molecule has 0 atom stereocenters. The highest BCUT2D eigenvalue weighted by molar-refractivity contribution is 6.04. The lowest BCUT2D eigenvalue weighted by molar-refractivity contribution is 0.174. The van der Waals surface area contributed by atoms with Crippen LogP contribution in [0, 0.1) is 0 Å². The smallest absolute Gasteiger partial charge is 0.231 e. The molecule has 2 aromatic carbocycles. The number of ether oxygens (including phenoxy) is 2. The molecule has 0 radical (unpaired) electrons. The van der Waals surface area contributed by atoms with Crippen LogP contribution in [-0.2, 0) is 0 Å². The van der Waals surface area contributed by atoms with Gasteiger partial charge in [-0.15, -0.1) is 0 Å². The molecule has 4 heterocycles. The highest BCUT2D eigenvalue weighted by Crippen LogP contribution is 2.37. The lowest BCUT2D eigenvalue weighted by Gasteiger charge is -2.04. The zero-order valence-electron chi connectivity index (χ0n) is 15.1. The molecule has 7 nitrogen and oxygen atoms in total. The third-order valence-electron chi connectivity index (χ3n) is 4.84. The van der Waals surface area contributed by atoms with Crippen LogP contribution in [0.1, 0.15) is 0 Å². The third kappa shape index (κ3) is 2.63. The molecular weight excluding hydrogens is 368 g/mol. The van der Waals surface area contributed by atoms with Gasteiger partial charge in [-0.2, -0.15) is 0 Å². The van der Waals surface area contributed by atoms with E-state index in [-0.39, 0.29) is 6.79 Å². The predicted octanol–water partition coefficient (Wildman–Crippen LogP) is 4.91. The summed E-state index contributed by atoms with van der Waals surface area (Å²) >= 11 is 0. The van der Waals surface area contributed by atoms with E-state index in [9.17, 15) is 0 Å². The first-order valence-corrected chi connectivity index (χ1v) is 9.10. The molecule has 0 bridgehead atoms. The Hall–Kier alpha value is -4.13. The van der Waals surface area contributed by atoms with Crippen molar-refractivity contribution in [2.45, 2.75) is 0 Å². The molecule has 0 unspecified atom stereocenters. The van der Waals surface area contributed by atoms with Crippen LogP contribution in [0.15, 0.2) is 71.5 Å². The number of nitrogens with zero attached hydrogens (tertiary/aromatic N) is 3. The van der Waals surface area contributed by atoms with Crippen molar-refractivity contribution >= 4 is 33.7 Å². The van der Waals surface area contributed by atoms with E-state index >= 15 is 0 Å². The van der Waals surface area contributed by atoms with Gasteiger partial charge >= 0.3 is 0 Å². The second kappa shape index (κ2) is 6.20. The van der Waals surface area contributed by atoms with E-state index in [1.54, 1.807) is 6.20 Å². The maximum atomic E-state index is 6.10. The van der Waals surface area contributed by atoms with Gasteiger partial charge in [0.1, 0.15) is 17.4 Å². The van der Waals surface area contributed by atoms with Crippen LogP contribution in [0.5, 0.6) is 11.5 Å². The van der Waals surface area contributed by atoms with Gasteiger partial charge in [0.15, 0.2) is 28.5 Å². The minimum atomic E-state index is 0.246. The van der Waals surface area contributed by atoms with Gasteiger partial charge in [0.25, 0.3) is 0 Å². The van der Waals surface area contributed by atoms with Crippen molar-refractivity contribution in [3.8, 4) is 22.6 Å². The van der Waals surface area contributed by atoms with Crippen molar-refractivity contribution in [2.75, 3.05) is 12.1 Å². The Bertz CT molecular complexity index is 1370. The third-order valence-corrected chi connectivity index (χ3v) is 4.84. The molecule has 1 aliphatic heterocycles. The number of furan rings is 1. The maximum absolute atomic E-state index is 6.10. The number of pyridine rings is 1. The minimum absolute atomic E-state index is 0.246. The monoisotopic (exact) mass is 382 g/mol. The zero-order valence-corrected chi connectivity index (χ0v) is 15.1. The molecule has 0 aliphatic carbocycles. The normalized spacial score (nSPS) is 12.6. The second-order valence-corrected chi connectivity index (χ2v) is 6.63. The molecule has 6 rings (SSSR count). The first-order valence-electron chi connectivity index (χ1n) is 9.10. The summed E-state index contributed by atoms with van der Waals surface area (Å²) in [5.74, 6) is 2.08. The number of nitrogens with one attached hydrogen (secondary N) is 1. The van der Waals surface area contributed by atoms with Crippen molar-refractivity contribution < 1.29 is 13.9 Å². The van der Waals surface area contributed by atoms with Crippen molar-refractivity contribution in [2.24, 2.45) is 0 Å². The van der Waals surface area contributed by atoms with E-state index < -0.39 is 0 Å². The zero-order chi connectivity index (χ0) is 19.2. The van der Waals surface area contributed by atoms with E-state index in [2.05, 4.69) is 20.3 Å². The molecule has 1 aliphatic rings. The molecule has 0 spiro atoms. The van der Waals surface area contributed by atoms with E-state index in [1.807, 2.05) is 54.6 Å². The van der Waals surface area contributed by atoms with Crippen LogP contribution < -0.4 is 14.8 Å². The van der Waals surface area contributed by atoms with Gasteiger partial charge in [0.05, 0.1) is 0 Å². The van der Waals surface area contributed by atoms with Crippen LogP contribution in [0.2, 0.25) is 0 Å². The summed E-state index contributed by atoms with van der Waals surface area (Å²) in [5.41, 5.74) is 5.39. The molecule has 29 heavy (non-hydrogen) atoms. The number of hydrogen-bond acceptors (Lipinski definition) is 7. The summed E-state index contributed by atoms with van der Waals surface area (Å²) in [6.45, 7) is 0.246. The average molecular weight is 382 g/mol. The van der Waals surface area contributed by atoms with E-state index in [1.165, 1.54) is 6.33 Å². The summed E-state index contributed by atoms with van der Waals surface area (Å²) in [5, 5.41) is 3.28. The Kier molecular flexibility index (Phi) is 3.40. The van der Waals surface area contributed by atoms with Gasteiger partial charge < -0.3 is 19.2 Å². The van der Waals surface area contributed by atoms with E-state index in [4.69, 9.17) is 13.9 Å². The number of para-hydroxylation sites is 1. The van der Waals surface area contributed by atoms with Crippen LogP contribution in [0.25, 0.3) is 33.3 Å². The molecule has 5 aromatic rings. The second-order valence-electron chi connectivity index (χ2n) is 6.63. The van der Waals surface area contributed by atoms with E-state index in [0.29, 0.717) is 28.0 Å². The molecule has 3 aromatic heterocycles. The SMILES string of the molecule is c1ccc(Nc2ncnc3c2oc2cc(-c4ccc5c(c4)OCO5)cnc23)cc1. The fourth-order valence-electron chi connectivity index (χ4n) is 3.43. The van der Waals surface area contributed by atoms with Crippen LogP contribution in [0.3, 0.4) is 0 Å². The fourth-order valence-corrected chi connectivity index (χ4v) is 3.43. The number of benzene rings is 2. The quantitative estimate of drug-likeness (QED) is 0.475. The molecule has 1 N–H and O–H groups in total. The van der Waals surface area contributed by atoms with Gasteiger partial charge in [0.2, 0.25) is 6.79 Å². The highest BCUT2D eigenvalue weighted by Gasteiger charge is 2.17. The largest absolute Gasteiger partial charge is 0.454 e. The Morgan fingerprint density at radius 3 is 2.62 bits per heavy atom. The molecule has 140 valence electrons. The molecule has 0 saturated carbocycles. The number of anilines is 2. The Morgan fingerprint density at radius 2 is 1.69 bits per heavy atom. The minimum Gasteiger partial charge on any atom is -0.454 e. The van der Waals surface area contributed by atoms with Gasteiger partial charge in [-0.1, -0.05) is 24.3 Å². The van der Waals surface area contributed by atoms with Crippen LogP contribution in [-0.4, -0.2) is 21.7 Å². The summed E-state index contributed by atoms with van der Waals surface area (Å²) in [6, 6.07) is 17.6. The number of rotatable bonds is 3. The fraction of sp³-hybridized carbons (Fsp3) is 0.0455. The topological polar surface area (TPSA) is 82.3 Å². The van der Waals surface area contributed by atoms with Crippen molar-refractivity contribution in [1.29, 1.82) is 0 Å². The standard InChI is InChI=1S/C22H14N4O3/c1-2-4-15(5-3-1)26-22-21-20(24-11-25-22)19-18(29-21)9-14(10-23-19)13-6-7-16-17(8-13)28-12-27-16/h1-11H,12H2,(H,24,25,26). The first kappa shape index (κ1) is 15.9.